The normalized spacial score (nSPS) is 25.8. The number of piperidine rings is 1. The molecule has 2 aliphatic rings. The first-order chi connectivity index (χ1) is 10.5. The molecule has 1 aromatic carbocycles. The van der Waals surface area contributed by atoms with Crippen LogP contribution in [0.3, 0.4) is 0 Å². The van der Waals surface area contributed by atoms with Crippen molar-refractivity contribution in [1.82, 2.24) is 4.90 Å². The molecule has 118 valence electrons. The Morgan fingerprint density at radius 3 is 2.41 bits per heavy atom. The van der Waals surface area contributed by atoms with Gasteiger partial charge in [0.15, 0.2) is 0 Å². The third-order valence-corrected chi connectivity index (χ3v) is 5.52. The Kier molecular flexibility index (Phi) is 3.77. The highest BCUT2D eigenvalue weighted by Crippen LogP contribution is 2.66. The van der Waals surface area contributed by atoms with Crippen molar-refractivity contribution in [3.63, 3.8) is 0 Å². The summed E-state index contributed by atoms with van der Waals surface area (Å²) >= 11 is 6.15. The van der Waals surface area contributed by atoms with Crippen LogP contribution in [0, 0.1) is 5.41 Å². The van der Waals surface area contributed by atoms with Gasteiger partial charge in [0.05, 0.1) is 0 Å². The molecular weight excluding hydrogens is 306 g/mol. The minimum atomic E-state index is -1.13. The number of nitrogens with zero attached hydrogens (tertiary/aromatic N) is 1. The number of carboxylic acids is 1. The van der Waals surface area contributed by atoms with Crippen molar-refractivity contribution < 1.29 is 19.4 Å². The van der Waals surface area contributed by atoms with Crippen LogP contribution in [-0.4, -0.2) is 40.0 Å². The quantitative estimate of drug-likeness (QED) is 0.869. The molecule has 1 unspecified atom stereocenters. The van der Waals surface area contributed by atoms with E-state index in [0.717, 1.165) is 5.56 Å². The maximum absolute atomic E-state index is 12.1. The van der Waals surface area contributed by atoms with E-state index in [2.05, 4.69) is 0 Å². The lowest BCUT2D eigenvalue weighted by Gasteiger charge is -2.32. The Balaban J connectivity index is 1.50. The number of halogens is 1. The molecule has 1 heterocycles. The lowest BCUT2D eigenvalue weighted by atomic mass is 9.91. The Bertz CT molecular complexity index is 583. The van der Waals surface area contributed by atoms with E-state index in [9.17, 15) is 14.7 Å². The summed E-state index contributed by atoms with van der Waals surface area (Å²) in [5.74, 6) is -0.950. The number of carboxylic acid groups (broad SMARTS) is 1. The molecule has 1 saturated heterocycles. The molecule has 1 spiro atoms. The number of likely N-dealkylation sites (tertiary alicyclic amines) is 1. The summed E-state index contributed by atoms with van der Waals surface area (Å²) in [5.41, 5.74) is 0.591. The lowest BCUT2D eigenvalue weighted by Crippen LogP contribution is -2.42. The van der Waals surface area contributed by atoms with Gasteiger partial charge < -0.3 is 14.7 Å². The molecule has 0 bridgehead atoms. The first kappa shape index (κ1) is 15.2. The largest absolute Gasteiger partial charge is 0.480 e. The molecule has 1 aliphatic heterocycles. The number of hydrogen-bond acceptors (Lipinski definition) is 3. The van der Waals surface area contributed by atoms with E-state index >= 15 is 0 Å². The fourth-order valence-corrected chi connectivity index (χ4v) is 3.67. The van der Waals surface area contributed by atoms with Crippen molar-refractivity contribution in [3.8, 4) is 0 Å². The highest BCUT2D eigenvalue weighted by molar-refractivity contribution is 6.37. The topological polar surface area (TPSA) is 66.8 Å². The number of hydrogen-bond donors (Lipinski definition) is 1. The number of rotatable bonds is 3. The molecule has 0 radical (unpaired) electrons. The highest BCUT2D eigenvalue weighted by Gasteiger charge is 2.71. The van der Waals surface area contributed by atoms with Gasteiger partial charge in [0.25, 0.3) is 0 Å². The average molecular weight is 324 g/mol. The van der Waals surface area contributed by atoms with Gasteiger partial charge in [0.2, 0.25) is 0 Å². The van der Waals surface area contributed by atoms with Gasteiger partial charge in [-0.25, -0.2) is 4.79 Å². The number of ether oxygens (including phenoxy) is 1. The van der Waals surface area contributed by atoms with E-state index < -0.39 is 10.8 Å². The van der Waals surface area contributed by atoms with Crippen molar-refractivity contribution in [2.45, 2.75) is 30.7 Å². The van der Waals surface area contributed by atoms with Crippen LogP contribution >= 0.6 is 11.6 Å². The Labute approximate surface area is 133 Å². The van der Waals surface area contributed by atoms with E-state index in [1.807, 2.05) is 30.3 Å². The van der Waals surface area contributed by atoms with E-state index in [-0.39, 0.29) is 18.1 Å². The number of aliphatic carboxylic acids is 1. The SMILES string of the molecule is O=C(OCc1ccccc1)N1CCC2(CC1)CC2(Cl)C(=O)O. The van der Waals surface area contributed by atoms with Crippen molar-refractivity contribution >= 4 is 23.7 Å². The van der Waals surface area contributed by atoms with Gasteiger partial charge in [-0.1, -0.05) is 30.3 Å². The lowest BCUT2D eigenvalue weighted by molar-refractivity contribution is -0.138. The molecule has 5 nitrogen and oxygen atoms in total. The van der Waals surface area contributed by atoms with E-state index in [4.69, 9.17) is 16.3 Å². The smallest absolute Gasteiger partial charge is 0.410 e. The molecule has 1 aliphatic carbocycles. The van der Waals surface area contributed by atoms with Gasteiger partial charge in [-0.2, -0.15) is 0 Å². The van der Waals surface area contributed by atoms with E-state index in [1.165, 1.54) is 0 Å². The monoisotopic (exact) mass is 323 g/mol. The first-order valence-electron chi connectivity index (χ1n) is 7.35. The Morgan fingerprint density at radius 1 is 1.23 bits per heavy atom. The Morgan fingerprint density at radius 2 is 1.86 bits per heavy atom. The number of carbonyl (C=O) groups excluding carboxylic acids is 1. The number of amides is 1. The molecular formula is C16H18ClNO4. The summed E-state index contributed by atoms with van der Waals surface area (Å²) in [5, 5.41) is 9.18. The van der Waals surface area contributed by atoms with Crippen molar-refractivity contribution in [3.05, 3.63) is 35.9 Å². The van der Waals surface area contributed by atoms with Crippen LogP contribution in [0.1, 0.15) is 24.8 Å². The molecule has 2 fully saturated rings. The summed E-state index contributed by atoms with van der Waals surface area (Å²) in [7, 11) is 0. The summed E-state index contributed by atoms with van der Waals surface area (Å²) in [6, 6.07) is 9.50. The zero-order chi connectivity index (χ0) is 15.8. The molecule has 6 heteroatoms. The summed E-state index contributed by atoms with van der Waals surface area (Å²) in [6.07, 6.45) is 1.37. The second-order valence-electron chi connectivity index (χ2n) is 6.09. The zero-order valence-electron chi connectivity index (χ0n) is 12.1. The molecule has 1 aromatic rings. The average Bonchev–Trinajstić information content (AvgIpc) is 3.12. The number of carbonyl (C=O) groups is 2. The molecule has 1 N–H and O–H groups in total. The van der Waals surface area contributed by atoms with Crippen LogP contribution in [0.25, 0.3) is 0 Å². The molecule has 22 heavy (non-hydrogen) atoms. The van der Waals surface area contributed by atoms with E-state index in [1.54, 1.807) is 4.90 Å². The predicted octanol–water partition coefficient (Wildman–Crippen LogP) is 2.87. The molecule has 1 amide bonds. The standard InChI is InChI=1S/C16H18ClNO4/c17-16(13(19)20)11-15(16)6-8-18(9-7-15)14(21)22-10-12-4-2-1-3-5-12/h1-5H,6-11H2,(H,19,20). The van der Waals surface area contributed by atoms with Crippen molar-refractivity contribution in [2.75, 3.05) is 13.1 Å². The van der Waals surface area contributed by atoms with Gasteiger partial charge in [-0.15, -0.1) is 11.6 Å². The molecule has 1 atom stereocenters. The first-order valence-corrected chi connectivity index (χ1v) is 7.73. The van der Waals surface area contributed by atoms with Crippen LogP contribution in [0.2, 0.25) is 0 Å². The van der Waals surface area contributed by atoms with Gasteiger partial charge in [-0.05, 0) is 24.8 Å². The molecule has 1 saturated carbocycles. The van der Waals surface area contributed by atoms with Gasteiger partial charge in [0, 0.05) is 18.5 Å². The number of alkyl halides is 1. The Hall–Kier alpha value is -1.75. The fourth-order valence-electron chi connectivity index (χ4n) is 3.23. The third kappa shape index (κ3) is 2.54. The van der Waals surface area contributed by atoms with Crippen molar-refractivity contribution in [2.24, 2.45) is 5.41 Å². The van der Waals surface area contributed by atoms with Crippen molar-refractivity contribution in [1.29, 1.82) is 0 Å². The second-order valence-corrected chi connectivity index (χ2v) is 6.74. The summed E-state index contributed by atoms with van der Waals surface area (Å²) < 4.78 is 5.29. The molecule has 0 aromatic heterocycles. The van der Waals surface area contributed by atoms with Gasteiger partial charge in [0.1, 0.15) is 11.5 Å². The highest BCUT2D eigenvalue weighted by atomic mass is 35.5. The maximum atomic E-state index is 12.1. The summed E-state index contributed by atoms with van der Waals surface area (Å²) in [4.78, 5) is 23.7. The van der Waals surface area contributed by atoms with E-state index in [0.29, 0.717) is 32.4 Å². The molecule has 3 rings (SSSR count). The maximum Gasteiger partial charge on any atom is 0.410 e. The van der Waals surface area contributed by atoms with Crippen LogP contribution in [0.5, 0.6) is 0 Å². The minimum Gasteiger partial charge on any atom is -0.480 e. The zero-order valence-corrected chi connectivity index (χ0v) is 12.9. The second kappa shape index (κ2) is 5.47. The van der Waals surface area contributed by atoms with Crippen LogP contribution in [0.15, 0.2) is 30.3 Å². The van der Waals surface area contributed by atoms with Crippen LogP contribution in [-0.2, 0) is 16.1 Å². The number of benzene rings is 1. The van der Waals surface area contributed by atoms with Gasteiger partial charge >= 0.3 is 12.1 Å². The fraction of sp³-hybridized carbons (Fsp3) is 0.500. The van der Waals surface area contributed by atoms with Crippen LogP contribution in [0.4, 0.5) is 4.79 Å². The third-order valence-electron chi connectivity index (χ3n) is 4.82. The van der Waals surface area contributed by atoms with Crippen LogP contribution < -0.4 is 0 Å². The predicted molar refractivity (Wildman–Crippen MR) is 80.7 cm³/mol. The summed E-state index contributed by atoms with van der Waals surface area (Å²) in [6.45, 7) is 1.24. The van der Waals surface area contributed by atoms with Gasteiger partial charge in [-0.3, -0.25) is 4.79 Å². The minimum absolute atomic E-state index is 0.246.